The Labute approximate surface area is 55.3 Å². The van der Waals surface area contributed by atoms with Gasteiger partial charge >= 0.3 is 0 Å². The van der Waals surface area contributed by atoms with E-state index in [4.69, 9.17) is 0 Å². The van der Waals surface area contributed by atoms with Crippen LogP contribution in [0.15, 0.2) is 0 Å². The fraction of sp³-hybridized carbons (Fsp3) is 0.857. The molecular weight excluding hydrogens is 119 g/mol. The third-order valence-electron chi connectivity index (χ3n) is 1.13. The summed E-state index contributed by atoms with van der Waals surface area (Å²) >= 11 is 0. The minimum Gasteiger partial charge on any atom is -0.300 e. The van der Waals surface area contributed by atoms with Gasteiger partial charge in [0.15, 0.2) is 0 Å². The second-order valence-corrected chi connectivity index (χ2v) is 2.38. The Morgan fingerprint density at radius 1 is 1.67 bits per heavy atom. The zero-order valence-electron chi connectivity index (χ0n) is 5.98. The number of hydrogen-bond donors (Lipinski definition) is 0. The summed E-state index contributed by atoms with van der Waals surface area (Å²) in [7, 11) is 0. The molecule has 0 aliphatic heterocycles. The number of hydrogen-bond acceptors (Lipinski definition) is 1. The molecule has 0 fully saturated rings. The van der Waals surface area contributed by atoms with Gasteiger partial charge in [0.25, 0.3) is 0 Å². The highest BCUT2D eigenvalue weighted by molar-refractivity contribution is 5.75. The van der Waals surface area contributed by atoms with E-state index in [1.54, 1.807) is 0 Å². The van der Waals surface area contributed by atoms with Crippen molar-refractivity contribution in [3.63, 3.8) is 0 Å². The topological polar surface area (TPSA) is 17.1 Å². The second kappa shape index (κ2) is 4.48. The molecule has 9 heavy (non-hydrogen) atoms. The number of rotatable bonds is 4. The van der Waals surface area contributed by atoms with E-state index in [9.17, 15) is 9.18 Å². The Morgan fingerprint density at radius 3 is 2.56 bits per heavy atom. The van der Waals surface area contributed by atoms with E-state index in [1.807, 2.05) is 0 Å². The van der Waals surface area contributed by atoms with E-state index in [-0.39, 0.29) is 5.78 Å². The quantitative estimate of drug-likeness (QED) is 0.572. The number of ketones is 1. The Balaban J connectivity index is 3.01. The monoisotopic (exact) mass is 132 g/mol. The summed E-state index contributed by atoms with van der Waals surface area (Å²) in [6.45, 7) is 3.04. The van der Waals surface area contributed by atoms with E-state index in [0.717, 1.165) is 0 Å². The van der Waals surface area contributed by atoms with Gasteiger partial charge in [-0.1, -0.05) is 0 Å². The highest BCUT2D eigenvalue weighted by atomic mass is 19.1. The van der Waals surface area contributed by atoms with Crippen LogP contribution in [0.2, 0.25) is 0 Å². The third kappa shape index (κ3) is 7.60. The van der Waals surface area contributed by atoms with Crippen LogP contribution in [0.1, 0.15) is 33.1 Å². The lowest BCUT2D eigenvalue weighted by Crippen LogP contribution is -1.95. The van der Waals surface area contributed by atoms with Gasteiger partial charge in [0.2, 0.25) is 0 Å². The molecule has 0 saturated heterocycles. The largest absolute Gasteiger partial charge is 0.300 e. The maximum Gasteiger partial charge on any atom is 0.129 e. The smallest absolute Gasteiger partial charge is 0.129 e. The zero-order valence-corrected chi connectivity index (χ0v) is 5.98. The van der Waals surface area contributed by atoms with E-state index < -0.39 is 6.17 Å². The van der Waals surface area contributed by atoms with Crippen molar-refractivity contribution in [1.82, 2.24) is 0 Å². The molecule has 0 aromatic carbocycles. The van der Waals surface area contributed by atoms with E-state index in [2.05, 4.69) is 0 Å². The number of halogens is 1. The van der Waals surface area contributed by atoms with Gasteiger partial charge in [-0.3, -0.25) is 0 Å². The van der Waals surface area contributed by atoms with Gasteiger partial charge in [-0.05, 0) is 26.7 Å². The summed E-state index contributed by atoms with van der Waals surface area (Å²) in [6, 6.07) is 0. The number of carbonyl (C=O) groups is 1. The van der Waals surface area contributed by atoms with E-state index >= 15 is 0 Å². The first kappa shape index (κ1) is 8.60. The molecule has 0 amide bonds. The van der Waals surface area contributed by atoms with Gasteiger partial charge in [0.05, 0.1) is 6.17 Å². The molecule has 0 spiro atoms. The zero-order chi connectivity index (χ0) is 7.28. The minimum atomic E-state index is -0.760. The van der Waals surface area contributed by atoms with Crippen molar-refractivity contribution in [2.75, 3.05) is 0 Å². The Morgan fingerprint density at radius 2 is 2.22 bits per heavy atom. The van der Waals surface area contributed by atoms with Crippen molar-refractivity contribution in [2.24, 2.45) is 0 Å². The molecule has 54 valence electrons. The van der Waals surface area contributed by atoms with Crippen molar-refractivity contribution < 1.29 is 9.18 Å². The Bertz CT molecular complexity index is 88.9. The summed E-state index contributed by atoms with van der Waals surface area (Å²) < 4.78 is 12.0. The highest BCUT2D eigenvalue weighted by Gasteiger charge is 1.98. The first-order valence-electron chi connectivity index (χ1n) is 3.26. The molecular formula is C7H13FO. The Kier molecular flexibility index (Phi) is 4.28. The number of Topliss-reactive ketones (excluding diaryl/α,β-unsaturated/α-hetero) is 1. The van der Waals surface area contributed by atoms with Crippen LogP contribution in [0.4, 0.5) is 4.39 Å². The fourth-order valence-corrected chi connectivity index (χ4v) is 0.632. The summed E-state index contributed by atoms with van der Waals surface area (Å²) in [5, 5.41) is 0. The summed E-state index contributed by atoms with van der Waals surface area (Å²) in [6.07, 6.45) is 0.963. The van der Waals surface area contributed by atoms with Gasteiger partial charge < -0.3 is 4.79 Å². The first-order chi connectivity index (χ1) is 4.13. The number of carbonyl (C=O) groups excluding carboxylic acids is 1. The lowest BCUT2D eigenvalue weighted by atomic mass is 10.1. The SMILES string of the molecule is CC(=O)CCCC(C)F. The van der Waals surface area contributed by atoms with Crippen molar-refractivity contribution >= 4 is 5.78 Å². The number of alkyl halides is 1. The molecule has 0 saturated carbocycles. The molecule has 1 atom stereocenters. The van der Waals surface area contributed by atoms with Crippen LogP contribution in [0.5, 0.6) is 0 Å². The van der Waals surface area contributed by atoms with E-state index in [1.165, 1.54) is 13.8 Å². The lowest BCUT2D eigenvalue weighted by Gasteiger charge is -1.97. The third-order valence-corrected chi connectivity index (χ3v) is 1.13. The summed E-state index contributed by atoms with van der Waals surface area (Å²) in [5.74, 6) is 0.149. The van der Waals surface area contributed by atoms with Crippen LogP contribution in [-0.2, 0) is 4.79 Å². The van der Waals surface area contributed by atoms with Crippen molar-refractivity contribution in [1.29, 1.82) is 0 Å². The van der Waals surface area contributed by atoms with Crippen LogP contribution in [0, 0.1) is 0 Å². The van der Waals surface area contributed by atoms with Gasteiger partial charge in [-0.25, -0.2) is 4.39 Å². The minimum absolute atomic E-state index is 0.149. The molecule has 0 bridgehead atoms. The molecule has 0 aliphatic rings. The summed E-state index contributed by atoms with van der Waals surface area (Å²) in [5.41, 5.74) is 0. The van der Waals surface area contributed by atoms with Gasteiger partial charge in [0, 0.05) is 6.42 Å². The van der Waals surface area contributed by atoms with Crippen LogP contribution in [0.3, 0.4) is 0 Å². The molecule has 0 rings (SSSR count). The molecule has 0 radical (unpaired) electrons. The molecule has 0 aromatic rings. The molecule has 1 nitrogen and oxygen atoms in total. The maximum absolute atomic E-state index is 12.0. The van der Waals surface area contributed by atoms with Crippen molar-refractivity contribution in [3.05, 3.63) is 0 Å². The van der Waals surface area contributed by atoms with Crippen LogP contribution in [-0.4, -0.2) is 12.0 Å². The molecule has 0 aromatic heterocycles. The molecule has 1 unspecified atom stereocenters. The highest BCUT2D eigenvalue weighted by Crippen LogP contribution is 2.03. The van der Waals surface area contributed by atoms with Crippen LogP contribution in [0.25, 0.3) is 0 Å². The molecule has 0 N–H and O–H groups in total. The standard InChI is InChI=1S/C7H13FO/c1-6(8)4-3-5-7(2)9/h6H,3-5H2,1-2H3. The predicted molar refractivity (Wildman–Crippen MR) is 35.1 cm³/mol. The maximum atomic E-state index is 12.0. The fourth-order valence-electron chi connectivity index (χ4n) is 0.632. The van der Waals surface area contributed by atoms with Gasteiger partial charge in [0.1, 0.15) is 5.78 Å². The molecule has 0 aliphatic carbocycles. The molecule has 0 heterocycles. The van der Waals surface area contributed by atoms with Gasteiger partial charge in [-0.2, -0.15) is 0 Å². The normalized spacial score (nSPS) is 13.2. The summed E-state index contributed by atoms with van der Waals surface area (Å²) in [4.78, 5) is 10.3. The van der Waals surface area contributed by atoms with Crippen molar-refractivity contribution in [2.45, 2.75) is 39.3 Å². The van der Waals surface area contributed by atoms with Crippen LogP contribution >= 0.6 is 0 Å². The van der Waals surface area contributed by atoms with Crippen LogP contribution < -0.4 is 0 Å². The van der Waals surface area contributed by atoms with E-state index in [0.29, 0.717) is 19.3 Å². The average molecular weight is 132 g/mol. The molecule has 2 heteroatoms. The Hall–Kier alpha value is -0.400. The lowest BCUT2D eigenvalue weighted by molar-refractivity contribution is -0.117. The average Bonchev–Trinajstić information content (AvgIpc) is 1.63. The van der Waals surface area contributed by atoms with Gasteiger partial charge in [-0.15, -0.1) is 0 Å². The van der Waals surface area contributed by atoms with Crippen molar-refractivity contribution in [3.8, 4) is 0 Å². The predicted octanol–water partition coefficient (Wildman–Crippen LogP) is 2.10. The first-order valence-corrected chi connectivity index (χ1v) is 3.26. The second-order valence-electron chi connectivity index (χ2n) is 2.38.